The van der Waals surface area contributed by atoms with E-state index >= 15 is 0 Å². The minimum absolute atomic E-state index is 0.0425. The Hall–Kier alpha value is -0.880. The van der Waals surface area contributed by atoms with Crippen LogP contribution in [0.15, 0.2) is 15.9 Å². The van der Waals surface area contributed by atoms with Gasteiger partial charge in [-0.25, -0.2) is 0 Å². The zero-order valence-electron chi connectivity index (χ0n) is 10.5. The van der Waals surface area contributed by atoms with Crippen molar-refractivity contribution in [3.8, 4) is 0 Å². The fourth-order valence-corrected chi connectivity index (χ4v) is 3.44. The lowest BCUT2D eigenvalue weighted by Gasteiger charge is -2.41. The van der Waals surface area contributed by atoms with Crippen LogP contribution in [0.1, 0.15) is 25.6 Å². The fraction of sp³-hybridized carbons (Fsp3) is 0.500. The molecule has 98 valence electrons. The molecule has 0 bridgehead atoms. The molecule has 1 aromatic rings. The van der Waals surface area contributed by atoms with Crippen molar-refractivity contribution in [1.82, 2.24) is 10.2 Å². The normalized spacial score (nSPS) is 23.1. The third-order valence-corrected chi connectivity index (χ3v) is 4.64. The molecule has 1 fully saturated rings. The van der Waals surface area contributed by atoms with Gasteiger partial charge in [0.2, 0.25) is 11.8 Å². The van der Waals surface area contributed by atoms with Crippen LogP contribution in [-0.4, -0.2) is 28.3 Å². The van der Waals surface area contributed by atoms with Crippen LogP contribution < -0.4 is 5.32 Å². The molecule has 1 saturated heterocycles. The summed E-state index contributed by atoms with van der Waals surface area (Å²) in [6.07, 6.45) is 0. The first kappa shape index (κ1) is 13.5. The average molecular weight is 331 g/mol. The van der Waals surface area contributed by atoms with E-state index in [4.69, 9.17) is 0 Å². The Morgan fingerprint density at radius 1 is 1.44 bits per heavy atom. The van der Waals surface area contributed by atoms with Gasteiger partial charge in [-0.05, 0) is 48.8 Å². The zero-order valence-corrected chi connectivity index (χ0v) is 12.9. The van der Waals surface area contributed by atoms with E-state index in [0.717, 1.165) is 8.66 Å². The average Bonchev–Trinajstić information content (AvgIpc) is 2.67. The maximum atomic E-state index is 12.3. The Bertz CT molecular complexity index is 498. The van der Waals surface area contributed by atoms with Crippen molar-refractivity contribution in [3.63, 3.8) is 0 Å². The highest BCUT2D eigenvalue weighted by Gasteiger charge is 2.43. The number of halogens is 1. The predicted molar refractivity (Wildman–Crippen MR) is 74.3 cm³/mol. The molecule has 1 atom stereocenters. The van der Waals surface area contributed by atoms with E-state index < -0.39 is 11.6 Å². The molecule has 18 heavy (non-hydrogen) atoms. The Kier molecular flexibility index (Phi) is 3.51. The molecule has 2 heterocycles. The van der Waals surface area contributed by atoms with Crippen molar-refractivity contribution in [1.29, 1.82) is 0 Å². The summed E-state index contributed by atoms with van der Waals surface area (Å²) in [7, 11) is 0. The lowest BCUT2D eigenvalue weighted by molar-refractivity contribution is -0.153. The number of thiophene rings is 1. The van der Waals surface area contributed by atoms with Crippen LogP contribution in [0.3, 0.4) is 0 Å². The highest BCUT2D eigenvalue weighted by molar-refractivity contribution is 9.11. The molecule has 1 aliphatic heterocycles. The Labute approximate surface area is 118 Å². The number of carbonyl (C=O) groups excluding carboxylic acids is 2. The minimum atomic E-state index is -0.821. The monoisotopic (exact) mass is 330 g/mol. The predicted octanol–water partition coefficient (Wildman–Crippen LogP) is 2.14. The molecule has 0 spiro atoms. The van der Waals surface area contributed by atoms with Gasteiger partial charge >= 0.3 is 0 Å². The van der Waals surface area contributed by atoms with Gasteiger partial charge in [0.05, 0.1) is 10.3 Å². The standard InChI is InChI=1S/C12H15BrN2O2S/c1-7-10(16)14-12(2,3)11(17)15(7)6-8-4-5-9(13)18-8/h4-5,7H,6H2,1-3H3,(H,14,16). The van der Waals surface area contributed by atoms with Gasteiger partial charge in [0.1, 0.15) is 11.6 Å². The van der Waals surface area contributed by atoms with Crippen molar-refractivity contribution >= 4 is 39.1 Å². The molecule has 2 rings (SSSR count). The fourth-order valence-electron chi connectivity index (χ4n) is 1.96. The third kappa shape index (κ3) is 2.44. The second-order valence-corrected chi connectivity index (χ2v) is 7.48. The van der Waals surface area contributed by atoms with Crippen LogP contribution in [0.5, 0.6) is 0 Å². The number of carbonyl (C=O) groups is 2. The van der Waals surface area contributed by atoms with E-state index in [0.29, 0.717) is 6.54 Å². The summed E-state index contributed by atoms with van der Waals surface area (Å²) >= 11 is 4.98. The lowest BCUT2D eigenvalue weighted by atomic mass is 9.97. The van der Waals surface area contributed by atoms with Crippen molar-refractivity contribution in [2.75, 3.05) is 0 Å². The summed E-state index contributed by atoms with van der Waals surface area (Å²) in [5, 5.41) is 2.74. The molecule has 1 N–H and O–H groups in total. The Morgan fingerprint density at radius 2 is 2.11 bits per heavy atom. The number of rotatable bonds is 2. The highest BCUT2D eigenvalue weighted by Crippen LogP contribution is 2.26. The molecule has 1 unspecified atom stereocenters. The van der Waals surface area contributed by atoms with Crippen molar-refractivity contribution < 1.29 is 9.59 Å². The van der Waals surface area contributed by atoms with Crippen molar-refractivity contribution in [3.05, 3.63) is 20.8 Å². The second kappa shape index (κ2) is 4.66. The topological polar surface area (TPSA) is 49.4 Å². The van der Waals surface area contributed by atoms with Crippen LogP contribution in [0.4, 0.5) is 0 Å². The van der Waals surface area contributed by atoms with Crippen LogP contribution in [0.2, 0.25) is 0 Å². The molecule has 0 saturated carbocycles. The smallest absolute Gasteiger partial charge is 0.248 e. The first-order valence-corrected chi connectivity index (χ1v) is 7.29. The van der Waals surface area contributed by atoms with Crippen molar-refractivity contribution in [2.24, 2.45) is 0 Å². The molecule has 1 aliphatic rings. The van der Waals surface area contributed by atoms with Gasteiger partial charge in [0, 0.05) is 4.88 Å². The number of nitrogens with zero attached hydrogens (tertiary/aromatic N) is 1. The number of hydrogen-bond donors (Lipinski definition) is 1. The highest BCUT2D eigenvalue weighted by atomic mass is 79.9. The van der Waals surface area contributed by atoms with Crippen molar-refractivity contribution in [2.45, 2.75) is 38.9 Å². The van der Waals surface area contributed by atoms with Crippen LogP contribution in [-0.2, 0) is 16.1 Å². The number of nitrogens with one attached hydrogen (secondary N) is 1. The summed E-state index contributed by atoms with van der Waals surface area (Å²) in [4.78, 5) is 26.9. The molecule has 4 nitrogen and oxygen atoms in total. The van der Waals surface area contributed by atoms with Crippen LogP contribution in [0, 0.1) is 0 Å². The van der Waals surface area contributed by atoms with Gasteiger partial charge in [0.15, 0.2) is 0 Å². The van der Waals surface area contributed by atoms with E-state index in [-0.39, 0.29) is 11.8 Å². The summed E-state index contributed by atoms with van der Waals surface area (Å²) in [6.45, 7) is 5.70. The molecular formula is C12H15BrN2O2S. The first-order chi connectivity index (χ1) is 8.31. The number of amides is 2. The van der Waals surface area contributed by atoms with Crippen LogP contribution in [0.25, 0.3) is 0 Å². The minimum Gasteiger partial charge on any atom is -0.340 e. The zero-order chi connectivity index (χ0) is 13.5. The quantitative estimate of drug-likeness (QED) is 0.903. The maximum absolute atomic E-state index is 12.3. The summed E-state index contributed by atoms with van der Waals surface area (Å²) in [5.74, 6) is -0.144. The summed E-state index contributed by atoms with van der Waals surface area (Å²) in [5.41, 5.74) is -0.821. The lowest BCUT2D eigenvalue weighted by Crippen LogP contribution is -2.66. The molecule has 0 aliphatic carbocycles. The maximum Gasteiger partial charge on any atom is 0.248 e. The second-order valence-electron chi connectivity index (χ2n) is 4.93. The van der Waals surface area contributed by atoms with Gasteiger partial charge in [-0.1, -0.05) is 0 Å². The van der Waals surface area contributed by atoms with E-state index in [1.807, 2.05) is 12.1 Å². The van der Waals surface area contributed by atoms with E-state index in [2.05, 4.69) is 21.2 Å². The van der Waals surface area contributed by atoms with E-state index in [1.165, 1.54) is 0 Å². The number of piperazine rings is 1. The van der Waals surface area contributed by atoms with Gasteiger partial charge < -0.3 is 10.2 Å². The van der Waals surface area contributed by atoms with Gasteiger partial charge in [0.25, 0.3) is 0 Å². The van der Waals surface area contributed by atoms with Gasteiger partial charge in [-0.2, -0.15) is 0 Å². The SMILES string of the molecule is CC1C(=O)NC(C)(C)C(=O)N1Cc1ccc(Br)s1. The molecule has 1 aromatic heterocycles. The summed E-state index contributed by atoms with van der Waals surface area (Å²) < 4.78 is 1.03. The first-order valence-electron chi connectivity index (χ1n) is 5.68. The molecule has 0 radical (unpaired) electrons. The van der Waals surface area contributed by atoms with Crippen LogP contribution >= 0.6 is 27.3 Å². The summed E-state index contributed by atoms with van der Waals surface area (Å²) in [6, 6.07) is 3.49. The van der Waals surface area contributed by atoms with Gasteiger partial charge in [-0.3, -0.25) is 9.59 Å². The largest absolute Gasteiger partial charge is 0.340 e. The molecule has 6 heteroatoms. The Morgan fingerprint density at radius 3 is 2.67 bits per heavy atom. The number of hydrogen-bond acceptors (Lipinski definition) is 3. The molecule has 2 amide bonds. The third-order valence-electron chi connectivity index (χ3n) is 3.03. The van der Waals surface area contributed by atoms with Gasteiger partial charge in [-0.15, -0.1) is 11.3 Å². The molecule has 0 aromatic carbocycles. The van der Waals surface area contributed by atoms with E-state index in [9.17, 15) is 9.59 Å². The Balaban J connectivity index is 2.23. The molecular weight excluding hydrogens is 316 g/mol. The van der Waals surface area contributed by atoms with E-state index in [1.54, 1.807) is 37.0 Å².